The number of nitro groups is 1. The van der Waals surface area contributed by atoms with Crippen molar-refractivity contribution in [1.82, 2.24) is 14.7 Å². The third-order valence-corrected chi connectivity index (χ3v) is 4.77. The third kappa shape index (κ3) is 4.75. The van der Waals surface area contributed by atoms with Crippen molar-refractivity contribution in [2.75, 3.05) is 59.0 Å². The molecule has 0 saturated carbocycles. The Labute approximate surface area is 147 Å². The zero-order valence-electron chi connectivity index (χ0n) is 14.3. The third-order valence-electron chi connectivity index (χ3n) is 4.77. The first kappa shape index (κ1) is 17.8. The maximum atomic E-state index is 12.4. The lowest BCUT2D eigenvalue weighted by molar-refractivity contribution is -0.385. The SMILES string of the molecule is O=C(CN1CCOCC1)N1CCN(Cc2ccccc2[N+](=O)[O-])CC1. The van der Waals surface area contributed by atoms with E-state index in [1.807, 2.05) is 11.0 Å². The topological polar surface area (TPSA) is 79.2 Å². The lowest BCUT2D eigenvalue weighted by Crippen LogP contribution is -2.52. The molecular formula is C17H24N4O4. The standard InChI is InChI=1S/C17H24N4O4/c22-17(14-19-9-11-25-12-10-19)20-7-5-18(6-8-20)13-15-3-1-2-4-16(15)21(23)24/h1-4H,5-14H2. The van der Waals surface area contributed by atoms with Crippen molar-refractivity contribution in [1.29, 1.82) is 0 Å². The molecule has 136 valence electrons. The summed E-state index contributed by atoms with van der Waals surface area (Å²) in [4.78, 5) is 29.4. The Morgan fingerprint density at radius 1 is 1.04 bits per heavy atom. The number of para-hydroxylation sites is 1. The van der Waals surface area contributed by atoms with Crippen molar-refractivity contribution in [2.45, 2.75) is 6.54 Å². The molecule has 2 aliphatic heterocycles. The van der Waals surface area contributed by atoms with Gasteiger partial charge in [0.05, 0.1) is 24.7 Å². The molecule has 0 aliphatic carbocycles. The van der Waals surface area contributed by atoms with Gasteiger partial charge in [-0.15, -0.1) is 0 Å². The molecule has 0 radical (unpaired) electrons. The van der Waals surface area contributed by atoms with Crippen molar-refractivity contribution in [3.05, 3.63) is 39.9 Å². The predicted octanol–water partition coefficient (Wildman–Crippen LogP) is 0.571. The molecule has 0 bridgehead atoms. The van der Waals surface area contributed by atoms with Crippen molar-refractivity contribution >= 4 is 11.6 Å². The van der Waals surface area contributed by atoms with E-state index >= 15 is 0 Å². The Kier molecular flexibility index (Phi) is 5.95. The Balaban J connectivity index is 1.48. The summed E-state index contributed by atoms with van der Waals surface area (Å²) in [5.74, 6) is 0.159. The minimum absolute atomic E-state index is 0.159. The van der Waals surface area contributed by atoms with Crippen LogP contribution >= 0.6 is 0 Å². The van der Waals surface area contributed by atoms with Crippen LogP contribution in [0.15, 0.2) is 24.3 Å². The van der Waals surface area contributed by atoms with Gasteiger partial charge in [-0.25, -0.2) is 0 Å². The van der Waals surface area contributed by atoms with Gasteiger partial charge in [0.1, 0.15) is 0 Å². The Hall–Kier alpha value is -2.03. The first-order valence-corrected chi connectivity index (χ1v) is 8.66. The van der Waals surface area contributed by atoms with Gasteiger partial charge >= 0.3 is 0 Å². The number of rotatable bonds is 5. The van der Waals surface area contributed by atoms with Crippen LogP contribution in [-0.4, -0.2) is 84.6 Å². The fourth-order valence-electron chi connectivity index (χ4n) is 3.27. The van der Waals surface area contributed by atoms with Crippen LogP contribution in [0.5, 0.6) is 0 Å². The van der Waals surface area contributed by atoms with Crippen molar-refractivity contribution < 1.29 is 14.5 Å². The largest absolute Gasteiger partial charge is 0.379 e. The summed E-state index contributed by atoms with van der Waals surface area (Å²) in [5, 5.41) is 11.1. The molecule has 2 aliphatic rings. The number of amides is 1. The van der Waals surface area contributed by atoms with E-state index in [9.17, 15) is 14.9 Å². The Morgan fingerprint density at radius 2 is 1.72 bits per heavy atom. The number of hydrogen-bond donors (Lipinski definition) is 0. The maximum absolute atomic E-state index is 12.4. The van der Waals surface area contributed by atoms with E-state index in [1.54, 1.807) is 12.1 Å². The molecule has 0 unspecified atom stereocenters. The summed E-state index contributed by atoms with van der Waals surface area (Å²) in [6, 6.07) is 6.85. The fourth-order valence-corrected chi connectivity index (χ4v) is 3.27. The number of hydrogen-bond acceptors (Lipinski definition) is 6. The quantitative estimate of drug-likeness (QED) is 0.572. The highest BCUT2D eigenvalue weighted by molar-refractivity contribution is 5.78. The van der Waals surface area contributed by atoms with Crippen LogP contribution in [0.3, 0.4) is 0 Å². The molecule has 0 atom stereocenters. The average Bonchev–Trinajstić information content (AvgIpc) is 2.63. The van der Waals surface area contributed by atoms with Gasteiger partial charge in [-0.2, -0.15) is 0 Å². The molecule has 1 aromatic carbocycles. The van der Waals surface area contributed by atoms with Crippen LogP contribution in [0.25, 0.3) is 0 Å². The zero-order chi connectivity index (χ0) is 17.6. The smallest absolute Gasteiger partial charge is 0.273 e. The first-order chi connectivity index (χ1) is 12.1. The number of ether oxygens (including phenoxy) is 1. The number of morpholine rings is 1. The van der Waals surface area contributed by atoms with Gasteiger partial charge in [0.2, 0.25) is 5.91 Å². The predicted molar refractivity (Wildman–Crippen MR) is 92.2 cm³/mol. The van der Waals surface area contributed by atoms with E-state index in [0.717, 1.165) is 31.7 Å². The highest BCUT2D eigenvalue weighted by Gasteiger charge is 2.24. The lowest BCUT2D eigenvalue weighted by Gasteiger charge is -2.36. The minimum Gasteiger partial charge on any atom is -0.379 e. The van der Waals surface area contributed by atoms with Gasteiger partial charge in [-0.3, -0.25) is 24.7 Å². The van der Waals surface area contributed by atoms with Crippen LogP contribution in [0, 0.1) is 10.1 Å². The number of benzene rings is 1. The molecule has 1 amide bonds. The minimum atomic E-state index is -0.336. The van der Waals surface area contributed by atoms with E-state index in [1.165, 1.54) is 6.07 Å². The van der Waals surface area contributed by atoms with E-state index < -0.39 is 0 Å². The molecule has 25 heavy (non-hydrogen) atoms. The summed E-state index contributed by atoms with van der Waals surface area (Å²) >= 11 is 0. The van der Waals surface area contributed by atoms with Crippen molar-refractivity contribution in [2.24, 2.45) is 0 Å². The summed E-state index contributed by atoms with van der Waals surface area (Å²) in [6.45, 7) is 6.81. The fraction of sp³-hybridized carbons (Fsp3) is 0.588. The van der Waals surface area contributed by atoms with Gasteiger partial charge in [0, 0.05) is 57.4 Å². The normalized spacial score (nSPS) is 19.8. The Bertz CT molecular complexity index is 610. The number of nitrogens with zero attached hydrogens (tertiary/aromatic N) is 4. The van der Waals surface area contributed by atoms with Crippen LogP contribution in [0.2, 0.25) is 0 Å². The monoisotopic (exact) mass is 348 g/mol. The first-order valence-electron chi connectivity index (χ1n) is 8.66. The van der Waals surface area contributed by atoms with E-state index in [-0.39, 0.29) is 16.5 Å². The summed E-state index contributed by atoms with van der Waals surface area (Å²) < 4.78 is 5.30. The average molecular weight is 348 g/mol. The van der Waals surface area contributed by atoms with Crippen LogP contribution in [-0.2, 0) is 16.1 Å². The van der Waals surface area contributed by atoms with Crippen LogP contribution < -0.4 is 0 Å². The molecule has 2 fully saturated rings. The summed E-state index contributed by atoms with van der Waals surface area (Å²) in [5.41, 5.74) is 0.883. The van der Waals surface area contributed by atoms with Gasteiger partial charge in [-0.1, -0.05) is 18.2 Å². The van der Waals surface area contributed by atoms with Gasteiger partial charge in [-0.05, 0) is 0 Å². The number of carbonyl (C=O) groups is 1. The van der Waals surface area contributed by atoms with E-state index in [0.29, 0.717) is 39.4 Å². The van der Waals surface area contributed by atoms with Crippen LogP contribution in [0.4, 0.5) is 5.69 Å². The zero-order valence-corrected chi connectivity index (χ0v) is 14.3. The maximum Gasteiger partial charge on any atom is 0.273 e. The van der Waals surface area contributed by atoms with Crippen LogP contribution in [0.1, 0.15) is 5.56 Å². The molecule has 8 nitrogen and oxygen atoms in total. The molecule has 0 aromatic heterocycles. The highest BCUT2D eigenvalue weighted by atomic mass is 16.6. The summed E-state index contributed by atoms with van der Waals surface area (Å²) in [7, 11) is 0. The van der Waals surface area contributed by atoms with Gasteiger partial charge < -0.3 is 9.64 Å². The van der Waals surface area contributed by atoms with Gasteiger partial charge in [0.25, 0.3) is 5.69 Å². The summed E-state index contributed by atoms with van der Waals surface area (Å²) in [6.07, 6.45) is 0. The molecule has 0 N–H and O–H groups in total. The second kappa shape index (κ2) is 8.37. The molecule has 8 heteroatoms. The molecule has 2 heterocycles. The highest BCUT2D eigenvalue weighted by Crippen LogP contribution is 2.20. The van der Waals surface area contributed by atoms with E-state index in [4.69, 9.17) is 4.74 Å². The number of carbonyl (C=O) groups excluding carboxylic acids is 1. The second-order valence-electron chi connectivity index (χ2n) is 6.43. The van der Waals surface area contributed by atoms with Crippen molar-refractivity contribution in [3.63, 3.8) is 0 Å². The Morgan fingerprint density at radius 3 is 2.40 bits per heavy atom. The van der Waals surface area contributed by atoms with Gasteiger partial charge in [0.15, 0.2) is 0 Å². The van der Waals surface area contributed by atoms with E-state index in [2.05, 4.69) is 9.80 Å². The lowest BCUT2D eigenvalue weighted by atomic mass is 10.1. The molecule has 3 rings (SSSR count). The molecule has 2 saturated heterocycles. The molecule has 0 spiro atoms. The molecular weight excluding hydrogens is 324 g/mol. The second-order valence-corrected chi connectivity index (χ2v) is 6.43. The number of piperazine rings is 1. The number of nitro benzene ring substituents is 1. The van der Waals surface area contributed by atoms with Crippen molar-refractivity contribution in [3.8, 4) is 0 Å². The molecule has 1 aromatic rings.